The molecule has 0 atom stereocenters. The van der Waals surface area contributed by atoms with Crippen molar-refractivity contribution in [1.29, 1.82) is 0 Å². The van der Waals surface area contributed by atoms with Gasteiger partial charge in [-0.2, -0.15) is 0 Å². The fourth-order valence-electron chi connectivity index (χ4n) is 2.77. The van der Waals surface area contributed by atoms with Gasteiger partial charge in [0.05, 0.1) is 5.56 Å². The van der Waals surface area contributed by atoms with Crippen LogP contribution < -0.4 is 0 Å². The highest BCUT2D eigenvalue weighted by Gasteiger charge is 2.29. The van der Waals surface area contributed by atoms with E-state index in [4.69, 9.17) is 0 Å². The molecule has 0 aromatic heterocycles. The van der Waals surface area contributed by atoms with Gasteiger partial charge in [-0.25, -0.2) is 8.78 Å². The first-order chi connectivity index (χ1) is 8.63. The van der Waals surface area contributed by atoms with Gasteiger partial charge in [-0.15, -0.1) is 0 Å². The van der Waals surface area contributed by atoms with Crippen molar-refractivity contribution in [1.82, 2.24) is 0 Å². The number of Topliss-reactive ketones (excluding diaryl/α,β-unsaturated/α-hetero) is 1. The van der Waals surface area contributed by atoms with Crippen LogP contribution in [0.4, 0.5) is 8.78 Å². The Bertz CT molecular complexity index is 414. The van der Waals surface area contributed by atoms with Gasteiger partial charge in [-0.3, -0.25) is 4.79 Å². The van der Waals surface area contributed by atoms with Gasteiger partial charge in [0.25, 0.3) is 0 Å². The van der Waals surface area contributed by atoms with Gasteiger partial charge in [-0.05, 0) is 43.7 Å². The molecule has 0 spiro atoms. The van der Waals surface area contributed by atoms with Crippen LogP contribution in [0.2, 0.25) is 0 Å². The van der Waals surface area contributed by atoms with Gasteiger partial charge >= 0.3 is 0 Å². The standard InChI is InChI=1S/C15H18F2O/c1-2-10-6-8-11(9-7-10)15(18)14-12(16)4-3-5-13(14)17/h3-5,10-11H,2,6-9H2,1H3. The van der Waals surface area contributed by atoms with Crippen molar-refractivity contribution < 1.29 is 13.6 Å². The molecule has 1 nitrogen and oxygen atoms in total. The van der Waals surface area contributed by atoms with E-state index in [9.17, 15) is 13.6 Å². The Morgan fingerprint density at radius 3 is 2.22 bits per heavy atom. The third-order valence-electron chi connectivity index (χ3n) is 4.00. The molecule has 18 heavy (non-hydrogen) atoms. The Kier molecular flexibility index (Phi) is 4.10. The number of halogens is 2. The number of ketones is 1. The lowest BCUT2D eigenvalue weighted by Crippen LogP contribution is -2.23. The fourth-order valence-corrected chi connectivity index (χ4v) is 2.77. The molecule has 0 N–H and O–H groups in total. The topological polar surface area (TPSA) is 17.1 Å². The summed E-state index contributed by atoms with van der Waals surface area (Å²) in [6, 6.07) is 3.58. The van der Waals surface area contributed by atoms with E-state index in [0.29, 0.717) is 5.92 Å². The minimum absolute atomic E-state index is 0.209. The summed E-state index contributed by atoms with van der Waals surface area (Å²) in [5.41, 5.74) is -0.350. The second-order valence-corrected chi connectivity index (χ2v) is 5.09. The number of rotatable bonds is 3. The van der Waals surface area contributed by atoms with Crippen molar-refractivity contribution in [2.24, 2.45) is 11.8 Å². The van der Waals surface area contributed by atoms with E-state index in [1.54, 1.807) is 0 Å². The molecule has 0 heterocycles. The van der Waals surface area contributed by atoms with E-state index in [-0.39, 0.29) is 17.3 Å². The van der Waals surface area contributed by atoms with Gasteiger partial charge in [0.15, 0.2) is 5.78 Å². The van der Waals surface area contributed by atoms with Gasteiger partial charge in [0, 0.05) is 5.92 Å². The van der Waals surface area contributed by atoms with Crippen molar-refractivity contribution in [3.05, 3.63) is 35.4 Å². The Hall–Kier alpha value is -1.25. The number of carbonyl (C=O) groups is 1. The molecule has 0 unspecified atom stereocenters. The smallest absolute Gasteiger partial charge is 0.171 e. The zero-order valence-electron chi connectivity index (χ0n) is 10.6. The first kappa shape index (κ1) is 13.2. The molecule has 0 saturated heterocycles. The van der Waals surface area contributed by atoms with Gasteiger partial charge in [0.2, 0.25) is 0 Å². The molecule has 1 aromatic carbocycles. The number of hydrogen-bond donors (Lipinski definition) is 0. The lowest BCUT2D eigenvalue weighted by atomic mass is 9.77. The van der Waals surface area contributed by atoms with E-state index in [1.165, 1.54) is 6.07 Å². The van der Waals surface area contributed by atoms with Crippen LogP contribution in [0, 0.1) is 23.5 Å². The molecule has 0 bridgehead atoms. The fraction of sp³-hybridized carbons (Fsp3) is 0.533. The molecule has 1 fully saturated rings. The minimum atomic E-state index is -0.738. The Balaban J connectivity index is 2.13. The predicted molar refractivity (Wildman–Crippen MR) is 66.4 cm³/mol. The first-order valence-corrected chi connectivity index (χ1v) is 6.61. The Morgan fingerprint density at radius 1 is 1.17 bits per heavy atom. The molecule has 2 rings (SSSR count). The summed E-state index contributed by atoms with van der Waals surface area (Å²) in [7, 11) is 0. The largest absolute Gasteiger partial charge is 0.294 e. The van der Waals surface area contributed by atoms with Crippen molar-refractivity contribution in [2.45, 2.75) is 39.0 Å². The highest BCUT2D eigenvalue weighted by Crippen LogP contribution is 2.33. The molecule has 0 amide bonds. The summed E-state index contributed by atoms with van der Waals surface area (Å²) >= 11 is 0. The number of hydrogen-bond acceptors (Lipinski definition) is 1. The van der Waals surface area contributed by atoms with E-state index in [0.717, 1.165) is 44.2 Å². The van der Waals surface area contributed by atoms with Crippen LogP contribution in [-0.4, -0.2) is 5.78 Å². The maximum Gasteiger partial charge on any atom is 0.171 e. The van der Waals surface area contributed by atoms with Gasteiger partial charge in [0.1, 0.15) is 11.6 Å². The summed E-state index contributed by atoms with van der Waals surface area (Å²) in [5, 5.41) is 0. The lowest BCUT2D eigenvalue weighted by molar-refractivity contribution is 0.0862. The van der Waals surface area contributed by atoms with Crippen molar-refractivity contribution in [2.75, 3.05) is 0 Å². The average molecular weight is 252 g/mol. The molecule has 0 radical (unpaired) electrons. The zero-order chi connectivity index (χ0) is 13.1. The zero-order valence-corrected chi connectivity index (χ0v) is 10.6. The number of benzene rings is 1. The van der Waals surface area contributed by atoms with E-state index in [1.807, 2.05) is 0 Å². The summed E-state index contributed by atoms with van der Waals surface area (Å²) in [4.78, 5) is 12.2. The van der Waals surface area contributed by atoms with Crippen molar-refractivity contribution >= 4 is 5.78 Å². The molecule has 0 aliphatic heterocycles. The highest BCUT2D eigenvalue weighted by molar-refractivity contribution is 5.98. The van der Waals surface area contributed by atoms with E-state index in [2.05, 4.69) is 6.92 Å². The second kappa shape index (κ2) is 5.59. The lowest BCUT2D eigenvalue weighted by Gasteiger charge is -2.26. The molecule has 1 saturated carbocycles. The Morgan fingerprint density at radius 2 is 1.72 bits per heavy atom. The minimum Gasteiger partial charge on any atom is -0.294 e. The summed E-state index contributed by atoms with van der Waals surface area (Å²) in [6.07, 6.45) is 4.61. The van der Waals surface area contributed by atoms with Gasteiger partial charge in [-0.1, -0.05) is 19.4 Å². The second-order valence-electron chi connectivity index (χ2n) is 5.09. The van der Waals surface area contributed by atoms with Crippen LogP contribution >= 0.6 is 0 Å². The molecular formula is C15H18F2O. The molecule has 1 aromatic rings. The average Bonchev–Trinajstić information content (AvgIpc) is 2.38. The summed E-state index contributed by atoms with van der Waals surface area (Å²) < 4.78 is 27.1. The predicted octanol–water partition coefficient (Wildman–Crippen LogP) is 4.36. The quantitative estimate of drug-likeness (QED) is 0.730. The maximum atomic E-state index is 13.5. The third-order valence-corrected chi connectivity index (χ3v) is 4.00. The third kappa shape index (κ3) is 2.60. The number of carbonyl (C=O) groups excluding carboxylic acids is 1. The van der Waals surface area contributed by atoms with Crippen molar-refractivity contribution in [3.63, 3.8) is 0 Å². The Labute approximate surface area is 106 Å². The monoisotopic (exact) mass is 252 g/mol. The van der Waals surface area contributed by atoms with Crippen LogP contribution in [0.3, 0.4) is 0 Å². The van der Waals surface area contributed by atoms with E-state index < -0.39 is 11.6 Å². The van der Waals surface area contributed by atoms with Crippen LogP contribution in [-0.2, 0) is 0 Å². The molecule has 3 heteroatoms. The van der Waals surface area contributed by atoms with E-state index >= 15 is 0 Å². The SMILES string of the molecule is CCC1CCC(C(=O)c2c(F)cccc2F)CC1. The van der Waals surface area contributed by atoms with Crippen LogP contribution in [0.15, 0.2) is 18.2 Å². The van der Waals surface area contributed by atoms with Crippen LogP contribution in [0.5, 0.6) is 0 Å². The summed E-state index contributed by atoms with van der Waals surface area (Å²) in [6.45, 7) is 2.14. The molecule has 1 aliphatic rings. The normalized spacial score (nSPS) is 23.9. The van der Waals surface area contributed by atoms with Gasteiger partial charge < -0.3 is 0 Å². The first-order valence-electron chi connectivity index (χ1n) is 6.61. The van der Waals surface area contributed by atoms with Crippen molar-refractivity contribution in [3.8, 4) is 0 Å². The molecule has 98 valence electrons. The van der Waals surface area contributed by atoms with Crippen LogP contribution in [0.25, 0.3) is 0 Å². The van der Waals surface area contributed by atoms with Crippen LogP contribution in [0.1, 0.15) is 49.4 Å². The highest BCUT2D eigenvalue weighted by atomic mass is 19.1. The maximum absolute atomic E-state index is 13.5. The summed E-state index contributed by atoms with van der Waals surface area (Å²) in [5.74, 6) is -1.38. The molecular weight excluding hydrogens is 234 g/mol. The molecule has 1 aliphatic carbocycles.